The van der Waals surface area contributed by atoms with E-state index in [2.05, 4.69) is 22.4 Å². The van der Waals surface area contributed by atoms with E-state index in [-0.39, 0.29) is 5.91 Å². The van der Waals surface area contributed by atoms with Gasteiger partial charge in [-0.2, -0.15) is 10.2 Å². The zero-order chi connectivity index (χ0) is 21.1. The van der Waals surface area contributed by atoms with E-state index in [4.69, 9.17) is 9.72 Å². The number of pyridine rings is 1. The van der Waals surface area contributed by atoms with Crippen molar-refractivity contribution in [3.8, 4) is 17.0 Å². The van der Waals surface area contributed by atoms with Crippen molar-refractivity contribution in [3.05, 3.63) is 60.0 Å². The Morgan fingerprint density at radius 1 is 1.17 bits per heavy atom. The summed E-state index contributed by atoms with van der Waals surface area (Å²) < 4.78 is 8.82. The summed E-state index contributed by atoms with van der Waals surface area (Å²) in [6, 6.07) is 11.3. The number of ether oxygens (including phenoxy) is 1. The number of methoxy groups -OCH3 is 1. The van der Waals surface area contributed by atoms with Gasteiger partial charge in [0.2, 0.25) is 0 Å². The Morgan fingerprint density at radius 3 is 2.70 bits per heavy atom. The third-order valence-corrected chi connectivity index (χ3v) is 5.01. The fraction of sp³-hybridized carbons (Fsp3) is 0.273. The minimum absolute atomic E-state index is 0.172. The Labute approximate surface area is 174 Å². The van der Waals surface area contributed by atoms with E-state index in [9.17, 15) is 4.79 Å². The quantitative estimate of drug-likeness (QED) is 0.511. The number of carbonyl (C=O) groups excluding carboxylic acids is 1. The van der Waals surface area contributed by atoms with E-state index in [1.54, 1.807) is 24.2 Å². The summed E-state index contributed by atoms with van der Waals surface area (Å²) in [7, 11) is 3.45. The van der Waals surface area contributed by atoms with Gasteiger partial charge in [0.15, 0.2) is 5.65 Å². The molecule has 0 radical (unpaired) electrons. The largest absolute Gasteiger partial charge is 0.497 e. The van der Waals surface area contributed by atoms with E-state index in [1.165, 1.54) is 0 Å². The van der Waals surface area contributed by atoms with E-state index in [0.717, 1.165) is 30.0 Å². The Morgan fingerprint density at radius 2 is 1.97 bits per heavy atom. The van der Waals surface area contributed by atoms with Crippen LogP contribution in [0.1, 0.15) is 29.4 Å². The van der Waals surface area contributed by atoms with E-state index in [0.29, 0.717) is 28.8 Å². The van der Waals surface area contributed by atoms with Crippen LogP contribution < -0.4 is 10.1 Å². The molecule has 3 heterocycles. The summed E-state index contributed by atoms with van der Waals surface area (Å²) in [5, 5.41) is 12.3. The van der Waals surface area contributed by atoms with Crippen LogP contribution >= 0.6 is 0 Å². The average Bonchev–Trinajstić information content (AvgIpc) is 3.38. The van der Waals surface area contributed by atoms with Crippen molar-refractivity contribution in [2.45, 2.75) is 26.4 Å². The fourth-order valence-electron chi connectivity index (χ4n) is 3.40. The Kier molecular flexibility index (Phi) is 5.47. The van der Waals surface area contributed by atoms with Crippen molar-refractivity contribution in [2.75, 3.05) is 7.11 Å². The molecule has 4 rings (SSSR count). The first-order valence-corrected chi connectivity index (χ1v) is 9.86. The molecule has 0 bridgehead atoms. The first kappa shape index (κ1) is 19.6. The van der Waals surface area contributed by atoms with Crippen molar-refractivity contribution < 1.29 is 9.53 Å². The van der Waals surface area contributed by atoms with Gasteiger partial charge in [0.1, 0.15) is 5.75 Å². The number of aryl methyl sites for hydroxylation is 2. The molecule has 4 aromatic rings. The zero-order valence-electron chi connectivity index (χ0n) is 17.3. The molecule has 30 heavy (non-hydrogen) atoms. The normalized spacial score (nSPS) is 11.0. The highest BCUT2D eigenvalue weighted by atomic mass is 16.5. The molecular formula is C22H24N6O2. The van der Waals surface area contributed by atoms with Gasteiger partial charge in [-0.05, 0) is 42.8 Å². The van der Waals surface area contributed by atoms with Gasteiger partial charge in [0.25, 0.3) is 5.91 Å². The maximum atomic E-state index is 13.1. The van der Waals surface area contributed by atoms with Crippen LogP contribution in [0.5, 0.6) is 5.75 Å². The number of carbonyl (C=O) groups is 1. The number of hydrogen-bond donors (Lipinski definition) is 1. The number of benzene rings is 1. The van der Waals surface area contributed by atoms with Crippen LogP contribution in [0.4, 0.5) is 0 Å². The van der Waals surface area contributed by atoms with Crippen LogP contribution in [0, 0.1) is 0 Å². The summed E-state index contributed by atoms with van der Waals surface area (Å²) in [4.78, 5) is 17.8. The average molecular weight is 404 g/mol. The van der Waals surface area contributed by atoms with Crippen molar-refractivity contribution in [3.63, 3.8) is 0 Å². The van der Waals surface area contributed by atoms with Crippen molar-refractivity contribution in [1.29, 1.82) is 0 Å². The van der Waals surface area contributed by atoms with Crippen LogP contribution in [-0.4, -0.2) is 37.6 Å². The second-order valence-electron chi connectivity index (χ2n) is 7.02. The molecule has 0 spiro atoms. The number of nitrogens with one attached hydrogen (secondary N) is 1. The second-order valence-corrected chi connectivity index (χ2v) is 7.02. The highest BCUT2D eigenvalue weighted by Crippen LogP contribution is 2.26. The third-order valence-electron chi connectivity index (χ3n) is 5.01. The molecule has 0 saturated carbocycles. The molecule has 0 aliphatic rings. The lowest BCUT2D eigenvalue weighted by atomic mass is 10.1. The molecule has 0 fully saturated rings. The maximum absolute atomic E-state index is 13.1. The standard InChI is InChI=1S/C22H24N6O2/c1-4-11-28-16(9-10-24-28)13-23-22(29)18-12-20(15-5-7-17(30-3)8-6-15)26-21-19(18)14-25-27(21)2/h5-10,12,14H,4,11,13H2,1-3H3,(H,23,29). The number of nitrogens with zero attached hydrogens (tertiary/aromatic N) is 5. The predicted octanol–water partition coefficient (Wildman–Crippen LogP) is 3.18. The van der Waals surface area contributed by atoms with Crippen molar-refractivity contribution in [2.24, 2.45) is 7.05 Å². The van der Waals surface area contributed by atoms with Crippen molar-refractivity contribution in [1.82, 2.24) is 29.9 Å². The molecule has 1 aromatic carbocycles. The molecule has 3 aromatic heterocycles. The molecule has 1 N–H and O–H groups in total. The van der Waals surface area contributed by atoms with Gasteiger partial charge >= 0.3 is 0 Å². The summed E-state index contributed by atoms with van der Waals surface area (Å²) in [5.74, 6) is 0.594. The van der Waals surface area contributed by atoms with Gasteiger partial charge in [-0.25, -0.2) is 4.98 Å². The Hall–Kier alpha value is -3.68. The van der Waals surface area contributed by atoms with Gasteiger partial charge in [-0.1, -0.05) is 6.92 Å². The van der Waals surface area contributed by atoms with Crippen LogP contribution in [0.2, 0.25) is 0 Å². The minimum atomic E-state index is -0.172. The highest BCUT2D eigenvalue weighted by molar-refractivity contribution is 6.06. The predicted molar refractivity (Wildman–Crippen MR) is 114 cm³/mol. The molecule has 0 aliphatic heterocycles. The maximum Gasteiger partial charge on any atom is 0.252 e. The third kappa shape index (κ3) is 3.76. The van der Waals surface area contributed by atoms with Gasteiger partial charge in [-0.3, -0.25) is 14.2 Å². The molecule has 0 saturated heterocycles. The lowest BCUT2D eigenvalue weighted by Crippen LogP contribution is -2.25. The number of hydrogen-bond acceptors (Lipinski definition) is 5. The van der Waals surface area contributed by atoms with Crippen molar-refractivity contribution >= 4 is 16.9 Å². The molecule has 0 atom stereocenters. The topological polar surface area (TPSA) is 86.9 Å². The molecule has 0 aliphatic carbocycles. The zero-order valence-corrected chi connectivity index (χ0v) is 17.3. The summed E-state index contributed by atoms with van der Waals surface area (Å²) in [6.07, 6.45) is 4.41. The number of amides is 1. The number of rotatable bonds is 7. The van der Waals surface area contributed by atoms with E-state index in [1.807, 2.05) is 48.1 Å². The van der Waals surface area contributed by atoms with Gasteiger partial charge in [-0.15, -0.1) is 0 Å². The highest BCUT2D eigenvalue weighted by Gasteiger charge is 2.17. The van der Waals surface area contributed by atoms with E-state index >= 15 is 0 Å². The molecule has 0 unspecified atom stereocenters. The number of fused-ring (bicyclic) bond motifs is 1. The van der Waals surface area contributed by atoms with Crippen LogP contribution in [0.3, 0.4) is 0 Å². The molecule has 8 nitrogen and oxygen atoms in total. The fourth-order valence-corrected chi connectivity index (χ4v) is 3.40. The summed E-state index contributed by atoms with van der Waals surface area (Å²) in [6.45, 7) is 3.32. The summed E-state index contributed by atoms with van der Waals surface area (Å²) in [5.41, 5.74) is 3.77. The first-order valence-electron chi connectivity index (χ1n) is 9.86. The molecule has 8 heteroatoms. The number of aromatic nitrogens is 5. The Bertz CT molecular complexity index is 1180. The van der Waals surface area contributed by atoms with Gasteiger partial charge in [0, 0.05) is 25.4 Å². The van der Waals surface area contributed by atoms with Crippen LogP contribution in [-0.2, 0) is 20.1 Å². The summed E-state index contributed by atoms with van der Waals surface area (Å²) >= 11 is 0. The van der Waals surface area contributed by atoms with Gasteiger partial charge in [0.05, 0.1) is 42.2 Å². The lowest BCUT2D eigenvalue weighted by molar-refractivity contribution is 0.0951. The van der Waals surface area contributed by atoms with Gasteiger partial charge < -0.3 is 10.1 Å². The molecular weight excluding hydrogens is 380 g/mol. The monoisotopic (exact) mass is 404 g/mol. The first-order chi connectivity index (χ1) is 14.6. The van der Waals surface area contributed by atoms with E-state index < -0.39 is 0 Å². The molecule has 154 valence electrons. The smallest absolute Gasteiger partial charge is 0.252 e. The SMILES string of the molecule is CCCn1nccc1CNC(=O)c1cc(-c2ccc(OC)cc2)nc2c1cnn2C. The minimum Gasteiger partial charge on any atom is -0.497 e. The van der Waals surface area contributed by atoms with Crippen LogP contribution in [0.25, 0.3) is 22.3 Å². The Balaban J connectivity index is 1.66. The second kappa shape index (κ2) is 8.36. The lowest BCUT2D eigenvalue weighted by Gasteiger charge is -2.10. The molecule has 1 amide bonds. The van der Waals surface area contributed by atoms with Crippen LogP contribution in [0.15, 0.2) is 48.8 Å².